The van der Waals surface area contributed by atoms with Gasteiger partial charge in [-0.15, -0.1) is 11.8 Å². The highest BCUT2D eigenvalue weighted by atomic mass is 32.2. The van der Waals surface area contributed by atoms with Gasteiger partial charge >= 0.3 is 0 Å². The van der Waals surface area contributed by atoms with E-state index >= 15 is 0 Å². The standard InChI is InChI=1S/C20H23NO2S/c1-14-8-9-19(23-3)17(10-14)12-24-13-20(22)21-15(2)11-16-6-4-5-7-18(16)21/h4-10,15H,11-13H2,1-3H3/t15-/m0/s1. The number of para-hydroxylation sites is 1. The van der Waals surface area contributed by atoms with Gasteiger partial charge in [-0.2, -0.15) is 0 Å². The number of anilines is 1. The number of hydrogen-bond acceptors (Lipinski definition) is 3. The van der Waals surface area contributed by atoms with E-state index in [9.17, 15) is 4.79 Å². The average Bonchev–Trinajstić information content (AvgIpc) is 2.90. The van der Waals surface area contributed by atoms with Crippen molar-refractivity contribution in [1.82, 2.24) is 0 Å². The molecule has 2 aromatic carbocycles. The third-order valence-corrected chi connectivity index (χ3v) is 5.36. The quantitative estimate of drug-likeness (QED) is 0.816. The van der Waals surface area contributed by atoms with Gasteiger partial charge < -0.3 is 9.64 Å². The zero-order valence-corrected chi connectivity index (χ0v) is 15.2. The Morgan fingerprint density at radius 3 is 2.88 bits per heavy atom. The zero-order chi connectivity index (χ0) is 17.1. The summed E-state index contributed by atoms with van der Waals surface area (Å²) in [6, 6.07) is 14.6. The molecule has 4 heteroatoms. The van der Waals surface area contributed by atoms with Crippen LogP contribution in [0.3, 0.4) is 0 Å². The van der Waals surface area contributed by atoms with Crippen LogP contribution in [0.15, 0.2) is 42.5 Å². The lowest BCUT2D eigenvalue weighted by Crippen LogP contribution is -2.37. The molecule has 1 aliphatic heterocycles. The van der Waals surface area contributed by atoms with Crippen LogP contribution < -0.4 is 9.64 Å². The van der Waals surface area contributed by atoms with Gasteiger partial charge in [-0.3, -0.25) is 4.79 Å². The Hall–Kier alpha value is -1.94. The molecule has 0 radical (unpaired) electrons. The van der Waals surface area contributed by atoms with Crippen LogP contribution in [0.25, 0.3) is 0 Å². The fourth-order valence-electron chi connectivity index (χ4n) is 3.28. The monoisotopic (exact) mass is 341 g/mol. The molecule has 0 bridgehead atoms. The number of carbonyl (C=O) groups excluding carboxylic acids is 1. The Labute approximate surface area is 148 Å². The van der Waals surface area contributed by atoms with E-state index in [1.807, 2.05) is 35.2 Å². The molecule has 3 nitrogen and oxygen atoms in total. The van der Waals surface area contributed by atoms with E-state index < -0.39 is 0 Å². The van der Waals surface area contributed by atoms with E-state index in [4.69, 9.17) is 4.74 Å². The number of carbonyl (C=O) groups is 1. The average molecular weight is 341 g/mol. The van der Waals surface area contributed by atoms with Crippen molar-refractivity contribution in [2.75, 3.05) is 17.8 Å². The minimum absolute atomic E-state index is 0.184. The Bertz CT molecular complexity index is 744. The Balaban J connectivity index is 1.64. The van der Waals surface area contributed by atoms with E-state index in [0.717, 1.165) is 29.2 Å². The maximum absolute atomic E-state index is 12.7. The largest absolute Gasteiger partial charge is 0.496 e. The van der Waals surface area contributed by atoms with E-state index in [0.29, 0.717) is 5.75 Å². The van der Waals surface area contributed by atoms with Crippen molar-refractivity contribution < 1.29 is 9.53 Å². The minimum Gasteiger partial charge on any atom is -0.496 e. The maximum atomic E-state index is 12.7. The fraction of sp³-hybridized carbons (Fsp3) is 0.350. The van der Waals surface area contributed by atoms with Gasteiger partial charge in [-0.05, 0) is 38.0 Å². The van der Waals surface area contributed by atoms with E-state index in [1.54, 1.807) is 18.9 Å². The third kappa shape index (κ3) is 3.44. The van der Waals surface area contributed by atoms with Gasteiger partial charge in [0, 0.05) is 23.0 Å². The fourth-order valence-corrected chi connectivity index (χ4v) is 4.14. The second-order valence-electron chi connectivity index (χ2n) is 6.25. The normalized spacial score (nSPS) is 16.1. The lowest BCUT2D eigenvalue weighted by atomic mass is 10.1. The predicted molar refractivity (Wildman–Crippen MR) is 101 cm³/mol. The van der Waals surface area contributed by atoms with Crippen LogP contribution in [-0.4, -0.2) is 24.8 Å². The number of nitrogens with zero attached hydrogens (tertiary/aromatic N) is 1. The Morgan fingerprint density at radius 2 is 2.08 bits per heavy atom. The molecular weight excluding hydrogens is 318 g/mol. The molecule has 1 aliphatic rings. The summed E-state index contributed by atoms with van der Waals surface area (Å²) in [5.74, 6) is 2.33. The first kappa shape index (κ1) is 16.9. The number of rotatable bonds is 5. The van der Waals surface area contributed by atoms with Gasteiger partial charge in [0.15, 0.2) is 0 Å². The number of methoxy groups -OCH3 is 1. The summed E-state index contributed by atoms with van der Waals surface area (Å²) < 4.78 is 5.41. The summed E-state index contributed by atoms with van der Waals surface area (Å²) in [7, 11) is 1.69. The zero-order valence-electron chi connectivity index (χ0n) is 14.4. The highest BCUT2D eigenvalue weighted by Crippen LogP contribution is 2.32. The highest BCUT2D eigenvalue weighted by molar-refractivity contribution is 7.99. The SMILES string of the molecule is COc1ccc(C)cc1CSCC(=O)N1c2ccccc2C[C@@H]1C. The van der Waals surface area contributed by atoms with Crippen molar-refractivity contribution in [2.45, 2.75) is 32.1 Å². The molecule has 126 valence electrons. The number of aryl methyl sites for hydroxylation is 1. The molecule has 0 saturated carbocycles. The van der Waals surface area contributed by atoms with Crippen molar-refractivity contribution in [3.05, 3.63) is 59.2 Å². The molecule has 0 spiro atoms. The van der Waals surface area contributed by atoms with Crippen LogP contribution in [-0.2, 0) is 17.0 Å². The lowest BCUT2D eigenvalue weighted by Gasteiger charge is -2.22. The molecule has 0 aromatic heterocycles. The Morgan fingerprint density at radius 1 is 1.29 bits per heavy atom. The third-order valence-electron chi connectivity index (χ3n) is 4.39. The summed E-state index contributed by atoms with van der Waals surface area (Å²) in [4.78, 5) is 14.7. The number of thioether (sulfide) groups is 1. The van der Waals surface area contributed by atoms with Gasteiger partial charge in [-0.1, -0.05) is 35.9 Å². The topological polar surface area (TPSA) is 29.5 Å². The van der Waals surface area contributed by atoms with Gasteiger partial charge in [-0.25, -0.2) is 0 Å². The summed E-state index contributed by atoms with van der Waals surface area (Å²) in [5.41, 5.74) is 4.69. The predicted octanol–water partition coefficient (Wildman–Crippen LogP) is 4.21. The van der Waals surface area contributed by atoms with Crippen LogP contribution in [0.4, 0.5) is 5.69 Å². The summed E-state index contributed by atoms with van der Waals surface area (Å²) >= 11 is 1.65. The summed E-state index contributed by atoms with van der Waals surface area (Å²) in [6.45, 7) is 4.19. The molecule has 0 aliphatic carbocycles. The van der Waals surface area contributed by atoms with Crippen molar-refractivity contribution in [3.8, 4) is 5.75 Å². The number of amides is 1. The van der Waals surface area contributed by atoms with E-state index in [1.165, 1.54) is 11.1 Å². The second kappa shape index (κ2) is 7.31. The first-order valence-corrected chi connectivity index (χ1v) is 9.37. The molecular formula is C20H23NO2S. The van der Waals surface area contributed by atoms with Gasteiger partial charge in [0.25, 0.3) is 0 Å². The van der Waals surface area contributed by atoms with Gasteiger partial charge in [0.05, 0.1) is 12.9 Å². The molecule has 0 saturated heterocycles. The smallest absolute Gasteiger partial charge is 0.237 e. The first-order chi connectivity index (χ1) is 11.6. The molecule has 2 aromatic rings. The molecule has 0 N–H and O–H groups in total. The van der Waals surface area contributed by atoms with Gasteiger partial charge in [0.2, 0.25) is 5.91 Å². The molecule has 1 atom stereocenters. The second-order valence-corrected chi connectivity index (χ2v) is 7.24. The molecule has 24 heavy (non-hydrogen) atoms. The van der Waals surface area contributed by atoms with Crippen LogP contribution in [0.1, 0.15) is 23.6 Å². The van der Waals surface area contributed by atoms with Crippen LogP contribution in [0.2, 0.25) is 0 Å². The number of ether oxygens (including phenoxy) is 1. The summed E-state index contributed by atoms with van der Waals surface area (Å²) in [5, 5.41) is 0. The number of hydrogen-bond donors (Lipinski definition) is 0. The highest BCUT2D eigenvalue weighted by Gasteiger charge is 2.30. The van der Waals surface area contributed by atoms with Crippen LogP contribution >= 0.6 is 11.8 Å². The first-order valence-electron chi connectivity index (χ1n) is 8.21. The van der Waals surface area contributed by atoms with Crippen LogP contribution in [0.5, 0.6) is 5.75 Å². The van der Waals surface area contributed by atoms with Crippen molar-refractivity contribution in [2.24, 2.45) is 0 Å². The molecule has 0 unspecified atom stereocenters. The van der Waals surface area contributed by atoms with Crippen LogP contribution in [0, 0.1) is 6.92 Å². The van der Waals surface area contributed by atoms with E-state index in [2.05, 4.69) is 26.0 Å². The maximum Gasteiger partial charge on any atom is 0.237 e. The van der Waals surface area contributed by atoms with Crippen molar-refractivity contribution >= 4 is 23.4 Å². The van der Waals surface area contributed by atoms with Crippen molar-refractivity contribution in [1.29, 1.82) is 0 Å². The number of benzene rings is 2. The molecule has 1 heterocycles. The minimum atomic E-state index is 0.184. The van der Waals surface area contributed by atoms with Gasteiger partial charge in [0.1, 0.15) is 5.75 Å². The van der Waals surface area contributed by atoms with E-state index in [-0.39, 0.29) is 11.9 Å². The summed E-state index contributed by atoms with van der Waals surface area (Å²) in [6.07, 6.45) is 0.943. The lowest BCUT2D eigenvalue weighted by molar-refractivity contribution is -0.116. The van der Waals surface area contributed by atoms with Crippen molar-refractivity contribution in [3.63, 3.8) is 0 Å². The molecule has 1 amide bonds. The Kier molecular flexibility index (Phi) is 5.14. The molecule has 0 fully saturated rings. The molecule has 3 rings (SSSR count). The number of fused-ring (bicyclic) bond motifs is 1.